The predicted octanol–water partition coefficient (Wildman–Crippen LogP) is 2.81. The average Bonchev–Trinajstić information content (AvgIpc) is 2.40. The molecule has 21 heavy (non-hydrogen) atoms. The fourth-order valence-corrected chi connectivity index (χ4v) is 2.22. The first-order chi connectivity index (χ1) is 9.85. The van der Waals surface area contributed by atoms with Gasteiger partial charge in [0.15, 0.2) is 0 Å². The highest BCUT2D eigenvalue weighted by Crippen LogP contribution is 2.15. The topological polar surface area (TPSA) is 46.3 Å². The van der Waals surface area contributed by atoms with Gasteiger partial charge in [-0.1, -0.05) is 25.7 Å². The number of benzene rings is 1. The van der Waals surface area contributed by atoms with Crippen molar-refractivity contribution in [2.75, 3.05) is 13.1 Å². The van der Waals surface area contributed by atoms with Crippen molar-refractivity contribution in [3.63, 3.8) is 0 Å². The van der Waals surface area contributed by atoms with Gasteiger partial charge in [0.25, 0.3) is 5.91 Å². The molecule has 0 atom stereocenters. The molecule has 0 bridgehead atoms. The van der Waals surface area contributed by atoms with Gasteiger partial charge < -0.3 is 10.6 Å². The van der Waals surface area contributed by atoms with E-state index in [-0.39, 0.29) is 11.9 Å². The quantitative estimate of drug-likeness (QED) is 0.865. The monoisotopic (exact) mass is 286 g/mol. The highest BCUT2D eigenvalue weighted by molar-refractivity contribution is 5.95. The summed E-state index contributed by atoms with van der Waals surface area (Å²) in [5.41, 5.74) is 7.99. The van der Waals surface area contributed by atoms with Crippen molar-refractivity contribution in [2.24, 2.45) is 11.7 Å². The number of carbonyl (C=O) groups is 1. The van der Waals surface area contributed by atoms with Crippen LogP contribution in [0.15, 0.2) is 18.2 Å². The van der Waals surface area contributed by atoms with Crippen LogP contribution in [0.3, 0.4) is 0 Å². The molecule has 2 N–H and O–H groups in total. The molecule has 0 saturated carbocycles. The van der Waals surface area contributed by atoms with E-state index < -0.39 is 0 Å². The van der Waals surface area contributed by atoms with Gasteiger partial charge in [-0.25, -0.2) is 0 Å². The Morgan fingerprint density at radius 3 is 2.43 bits per heavy atom. The number of hydrogen-bond acceptors (Lipinski definition) is 2. The van der Waals surface area contributed by atoms with Crippen molar-refractivity contribution in [3.05, 3.63) is 34.9 Å². The van der Waals surface area contributed by atoms with Crippen molar-refractivity contribution >= 4 is 5.91 Å². The second-order valence-electron chi connectivity index (χ2n) is 6.04. The fourth-order valence-electron chi connectivity index (χ4n) is 2.22. The molecular weight excluding hydrogens is 260 g/mol. The van der Waals surface area contributed by atoms with Crippen molar-refractivity contribution in [1.82, 2.24) is 4.90 Å². The van der Waals surface area contributed by atoms with E-state index in [2.05, 4.69) is 25.7 Å². The Labute approximate surface area is 128 Å². The molecule has 114 valence electrons. The summed E-state index contributed by atoms with van der Waals surface area (Å²) in [7, 11) is 0. The van der Waals surface area contributed by atoms with Gasteiger partial charge in [-0.3, -0.25) is 4.79 Å². The second kappa shape index (κ2) is 7.85. The summed E-state index contributed by atoms with van der Waals surface area (Å²) in [5, 5.41) is 0. The molecular formula is C18H26N2O. The smallest absolute Gasteiger partial charge is 0.254 e. The maximum atomic E-state index is 12.8. The molecule has 0 aliphatic rings. The number of rotatable bonds is 4. The van der Waals surface area contributed by atoms with E-state index in [1.165, 1.54) is 0 Å². The lowest BCUT2D eigenvalue weighted by Crippen LogP contribution is -2.39. The average molecular weight is 286 g/mol. The SMILES string of the molecule is Cc1cc(C#CCN)cc(C(=O)N(CC(C)C)C(C)C)c1. The van der Waals surface area contributed by atoms with E-state index >= 15 is 0 Å². The number of nitrogens with zero attached hydrogens (tertiary/aromatic N) is 1. The summed E-state index contributed by atoms with van der Waals surface area (Å²) in [6, 6.07) is 5.93. The summed E-state index contributed by atoms with van der Waals surface area (Å²) < 4.78 is 0. The van der Waals surface area contributed by atoms with E-state index in [4.69, 9.17) is 5.73 Å². The number of aryl methyl sites for hydroxylation is 1. The molecule has 0 unspecified atom stereocenters. The van der Waals surface area contributed by atoms with E-state index in [0.717, 1.165) is 17.7 Å². The van der Waals surface area contributed by atoms with Gasteiger partial charge in [0.1, 0.15) is 0 Å². The van der Waals surface area contributed by atoms with Crippen molar-refractivity contribution < 1.29 is 4.79 Å². The molecule has 1 aromatic rings. The summed E-state index contributed by atoms with van der Waals surface area (Å²) in [5.74, 6) is 6.35. The van der Waals surface area contributed by atoms with Gasteiger partial charge in [-0.2, -0.15) is 0 Å². The summed E-state index contributed by atoms with van der Waals surface area (Å²) in [4.78, 5) is 14.7. The normalized spacial score (nSPS) is 10.5. The second-order valence-corrected chi connectivity index (χ2v) is 6.04. The molecule has 3 heteroatoms. The third-order valence-corrected chi connectivity index (χ3v) is 3.11. The molecule has 1 rings (SSSR count). The first-order valence-corrected chi connectivity index (χ1v) is 7.46. The zero-order chi connectivity index (χ0) is 16.0. The zero-order valence-electron chi connectivity index (χ0n) is 13.7. The van der Waals surface area contributed by atoms with Crippen LogP contribution < -0.4 is 5.73 Å². The molecule has 0 spiro atoms. The van der Waals surface area contributed by atoms with Gasteiger partial charge in [-0.05, 0) is 50.5 Å². The molecule has 1 aromatic carbocycles. The molecule has 0 aromatic heterocycles. The zero-order valence-corrected chi connectivity index (χ0v) is 13.7. The van der Waals surface area contributed by atoms with Crippen LogP contribution in [0, 0.1) is 24.7 Å². The van der Waals surface area contributed by atoms with Crippen LogP contribution in [-0.4, -0.2) is 29.9 Å². The summed E-state index contributed by atoms with van der Waals surface area (Å²) >= 11 is 0. The molecule has 0 heterocycles. The third kappa shape index (κ3) is 5.24. The number of nitrogens with two attached hydrogens (primary N) is 1. The summed E-state index contributed by atoms with van der Waals surface area (Å²) in [6.07, 6.45) is 0. The van der Waals surface area contributed by atoms with Crippen LogP contribution in [0.5, 0.6) is 0 Å². The van der Waals surface area contributed by atoms with Gasteiger partial charge in [0.05, 0.1) is 6.54 Å². The number of hydrogen-bond donors (Lipinski definition) is 1. The Morgan fingerprint density at radius 2 is 1.90 bits per heavy atom. The van der Waals surface area contributed by atoms with Crippen molar-refractivity contribution in [3.8, 4) is 11.8 Å². The van der Waals surface area contributed by atoms with Crippen LogP contribution >= 0.6 is 0 Å². The van der Waals surface area contributed by atoms with Crippen LogP contribution in [0.25, 0.3) is 0 Å². The lowest BCUT2D eigenvalue weighted by molar-refractivity contribution is 0.0682. The van der Waals surface area contributed by atoms with Crippen molar-refractivity contribution in [2.45, 2.75) is 40.7 Å². The first-order valence-electron chi connectivity index (χ1n) is 7.46. The minimum Gasteiger partial charge on any atom is -0.336 e. The Bertz CT molecular complexity index is 550. The Balaban J connectivity index is 3.12. The minimum absolute atomic E-state index is 0.0678. The first kappa shape index (κ1) is 17.3. The van der Waals surface area contributed by atoms with E-state index in [9.17, 15) is 4.79 Å². The van der Waals surface area contributed by atoms with Gasteiger partial charge >= 0.3 is 0 Å². The molecule has 0 radical (unpaired) electrons. The maximum absolute atomic E-state index is 12.8. The highest BCUT2D eigenvalue weighted by atomic mass is 16.2. The predicted molar refractivity (Wildman–Crippen MR) is 88.1 cm³/mol. The van der Waals surface area contributed by atoms with Crippen LogP contribution in [0.4, 0.5) is 0 Å². The van der Waals surface area contributed by atoms with Crippen LogP contribution in [0.1, 0.15) is 49.2 Å². The summed E-state index contributed by atoms with van der Waals surface area (Å²) in [6.45, 7) is 11.4. The molecule has 0 saturated heterocycles. The number of amides is 1. The van der Waals surface area contributed by atoms with E-state index in [1.54, 1.807) is 0 Å². The molecule has 3 nitrogen and oxygen atoms in total. The minimum atomic E-state index is 0.0678. The van der Waals surface area contributed by atoms with Gasteiger partial charge in [0.2, 0.25) is 0 Å². The van der Waals surface area contributed by atoms with Gasteiger partial charge in [-0.15, -0.1) is 0 Å². The van der Waals surface area contributed by atoms with E-state index in [0.29, 0.717) is 18.0 Å². The lowest BCUT2D eigenvalue weighted by Gasteiger charge is -2.28. The fraction of sp³-hybridized carbons (Fsp3) is 0.500. The number of carbonyl (C=O) groups excluding carboxylic acids is 1. The van der Waals surface area contributed by atoms with Crippen LogP contribution in [0.2, 0.25) is 0 Å². The highest BCUT2D eigenvalue weighted by Gasteiger charge is 2.20. The Kier molecular flexibility index (Phi) is 6.45. The third-order valence-electron chi connectivity index (χ3n) is 3.11. The Hall–Kier alpha value is -1.79. The standard InChI is InChI=1S/C18H26N2O/c1-13(2)12-20(14(3)4)18(21)17-10-15(5)9-16(11-17)7-6-8-19/h9-11,13-14H,8,12,19H2,1-5H3. The van der Waals surface area contributed by atoms with Gasteiger partial charge in [0, 0.05) is 23.7 Å². The molecule has 1 amide bonds. The Morgan fingerprint density at radius 1 is 1.24 bits per heavy atom. The lowest BCUT2D eigenvalue weighted by atomic mass is 10.0. The van der Waals surface area contributed by atoms with E-state index in [1.807, 2.05) is 43.9 Å². The van der Waals surface area contributed by atoms with Crippen molar-refractivity contribution in [1.29, 1.82) is 0 Å². The largest absolute Gasteiger partial charge is 0.336 e. The maximum Gasteiger partial charge on any atom is 0.254 e. The molecule has 0 fully saturated rings. The molecule has 0 aliphatic heterocycles. The van der Waals surface area contributed by atoms with Crippen LogP contribution in [-0.2, 0) is 0 Å². The molecule has 0 aliphatic carbocycles.